The molecule has 1 aromatic heterocycles. The largest absolute Gasteiger partial charge is 0.496 e. The Balaban J connectivity index is 1.70. The summed E-state index contributed by atoms with van der Waals surface area (Å²) in [4.78, 5) is 4.53. The molecule has 0 fully saturated rings. The van der Waals surface area contributed by atoms with E-state index >= 15 is 0 Å². The van der Waals surface area contributed by atoms with Crippen molar-refractivity contribution in [2.24, 2.45) is 0 Å². The van der Waals surface area contributed by atoms with E-state index in [0.29, 0.717) is 10.7 Å². The molecule has 4 rings (SSSR count). The number of benzene rings is 3. The fourth-order valence-electron chi connectivity index (χ4n) is 3.52. The summed E-state index contributed by atoms with van der Waals surface area (Å²) in [7, 11) is 1.70. The van der Waals surface area contributed by atoms with Gasteiger partial charge in [0.1, 0.15) is 5.75 Å². The van der Waals surface area contributed by atoms with Crippen molar-refractivity contribution in [2.75, 3.05) is 12.8 Å². The molecule has 3 aromatic carbocycles. The van der Waals surface area contributed by atoms with Gasteiger partial charge in [0.25, 0.3) is 0 Å². The third kappa shape index (κ3) is 4.35. The molecule has 0 bridgehead atoms. The number of hydrogen-bond donors (Lipinski definition) is 1. The number of para-hydroxylation sites is 1. The minimum absolute atomic E-state index is 0.561. The van der Waals surface area contributed by atoms with E-state index in [9.17, 15) is 0 Å². The standard InChI is InChI=1S/C25H21N3OS/c1-29-24-5-3-2-4-21(24)14-20-11-10-19(12-17-6-8-18(15-26)9-7-17)13-22(20)23-16-30-25(27)28-23/h2-11,13,16H,12,14H2,1H3,(H2,27,28). The van der Waals surface area contributed by atoms with Gasteiger partial charge < -0.3 is 10.5 Å². The van der Waals surface area contributed by atoms with Gasteiger partial charge in [-0.3, -0.25) is 0 Å². The lowest BCUT2D eigenvalue weighted by Crippen LogP contribution is -1.98. The molecule has 30 heavy (non-hydrogen) atoms. The molecule has 2 N–H and O–H groups in total. The Morgan fingerprint density at radius 2 is 1.73 bits per heavy atom. The SMILES string of the molecule is COc1ccccc1Cc1ccc(Cc2ccc(C#N)cc2)cc1-c1csc(N)n1. The number of thiazole rings is 1. The van der Waals surface area contributed by atoms with E-state index in [1.54, 1.807) is 7.11 Å². The quantitative estimate of drug-likeness (QED) is 0.458. The van der Waals surface area contributed by atoms with Gasteiger partial charge in [-0.15, -0.1) is 11.3 Å². The van der Waals surface area contributed by atoms with Crippen LogP contribution in [0.15, 0.2) is 72.1 Å². The molecule has 0 saturated carbocycles. The van der Waals surface area contributed by atoms with Crippen molar-refractivity contribution in [3.8, 4) is 23.1 Å². The normalized spacial score (nSPS) is 10.5. The van der Waals surface area contributed by atoms with Gasteiger partial charge in [-0.1, -0.05) is 42.5 Å². The molecule has 0 unspecified atom stereocenters. The van der Waals surface area contributed by atoms with Crippen LogP contribution in [0.5, 0.6) is 5.75 Å². The van der Waals surface area contributed by atoms with E-state index in [0.717, 1.165) is 41.0 Å². The predicted octanol–water partition coefficient (Wildman–Crippen LogP) is 5.45. The highest BCUT2D eigenvalue weighted by molar-refractivity contribution is 7.13. The van der Waals surface area contributed by atoms with E-state index in [1.165, 1.54) is 22.5 Å². The number of aromatic nitrogens is 1. The topological polar surface area (TPSA) is 71.9 Å². The Hall–Kier alpha value is -3.62. The molecule has 148 valence electrons. The average Bonchev–Trinajstić information content (AvgIpc) is 3.22. The van der Waals surface area contributed by atoms with E-state index in [1.807, 2.05) is 47.8 Å². The zero-order valence-corrected chi connectivity index (χ0v) is 17.4. The number of ether oxygens (including phenoxy) is 1. The molecule has 0 atom stereocenters. The number of nitrogens with two attached hydrogens (primary N) is 1. The molecule has 0 saturated heterocycles. The van der Waals surface area contributed by atoms with E-state index in [2.05, 4.69) is 35.3 Å². The Labute approximate surface area is 180 Å². The lowest BCUT2D eigenvalue weighted by atomic mass is 9.93. The predicted molar refractivity (Wildman–Crippen MR) is 122 cm³/mol. The number of nitriles is 1. The second kappa shape index (κ2) is 8.81. The highest BCUT2D eigenvalue weighted by Crippen LogP contribution is 2.31. The molecule has 0 spiro atoms. The van der Waals surface area contributed by atoms with Crippen molar-refractivity contribution in [3.63, 3.8) is 0 Å². The zero-order valence-electron chi connectivity index (χ0n) is 16.6. The molecular formula is C25H21N3OS. The van der Waals surface area contributed by atoms with E-state index < -0.39 is 0 Å². The molecule has 0 amide bonds. The van der Waals surface area contributed by atoms with Gasteiger partial charge in [-0.25, -0.2) is 4.98 Å². The molecule has 4 nitrogen and oxygen atoms in total. The van der Waals surface area contributed by atoms with Crippen molar-refractivity contribution in [1.29, 1.82) is 5.26 Å². The number of methoxy groups -OCH3 is 1. The Morgan fingerprint density at radius 1 is 0.967 bits per heavy atom. The number of rotatable bonds is 6. The summed E-state index contributed by atoms with van der Waals surface area (Å²) in [5.74, 6) is 0.878. The molecule has 0 aliphatic heterocycles. The summed E-state index contributed by atoms with van der Waals surface area (Å²) in [6, 6.07) is 24.5. The Bertz CT molecular complexity index is 1210. The minimum Gasteiger partial charge on any atom is -0.496 e. The van der Waals surface area contributed by atoms with Crippen molar-refractivity contribution >= 4 is 16.5 Å². The van der Waals surface area contributed by atoms with Crippen LogP contribution >= 0.6 is 11.3 Å². The van der Waals surface area contributed by atoms with E-state index in [4.69, 9.17) is 15.7 Å². The summed E-state index contributed by atoms with van der Waals surface area (Å²) < 4.78 is 5.53. The van der Waals surface area contributed by atoms with Crippen molar-refractivity contribution in [1.82, 2.24) is 4.98 Å². The highest BCUT2D eigenvalue weighted by Gasteiger charge is 2.13. The Morgan fingerprint density at radius 3 is 2.43 bits per heavy atom. The van der Waals surface area contributed by atoms with Gasteiger partial charge in [0.05, 0.1) is 24.4 Å². The number of anilines is 1. The third-order valence-electron chi connectivity index (χ3n) is 5.04. The summed E-state index contributed by atoms with van der Waals surface area (Å²) in [5.41, 5.74) is 13.2. The van der Waals surface area contributed by atoms with Crippen LogP contribution in [0.2, 0.25) is 0 Å². The summed E-state index contributed by atoms with van der Waals surface area (Å²) in [5, 5.41) is 11.6. The van der Waals surface area contributed by atoms with Crippen LogP contribution in [-0.4, -0.2) is 12.1 Å². The van der Waals surface area contributed by atoms with Crippen LogP contribution in [-0.2, 0) is 12.8 Å². The summed E-state index contributed by atoms with van der Waals surface area (Å²) in [6.07, 6.45) is 1.53. The Kier molecular flexibility index (Phi) is 5.78. The van der Waals surface area contributed by atoms with Crippen molar-refractivity contribution in [2.45, 2.75) is 12.8 Å². The first kappa shape index (κ1) is 19.7. The smallest absolute Gasteiger partial charge is 0.180 e. The minimum atomic E-state index is 0.561. The van der Waals surface area contributed by atoms with Crippen LogP contribution in [0, 0.1) is 11.3 Å². The number of nitrogens with zero attached hydrogens (tertiary/aromatic N) is 2. The molecule has 4 aromatic rings. The maximum absolute atomic E-state index is 9.00. The molecular weight excluding hydrogens is 390 g/mol. The fourth-order valence-corrected chi connectivity index (χ4v) is 4.09. The second-order valence-corrected chi connectivity index (χ2v) is 7.93. The molecule has 1 heterocycles. The summed E-state index contributed by atoms with van der Waals surface area (Å²) in [6.45, 7) is 0. The molecule has 0 aliphatic rings. The first-order chi connectivity index (χ1) is 14.7. The lowest BCUT2D eigenvalue weighted by Gasteiger charge is -2.13. The summed E-state index contributed by atoms with van der Waals surface area (Å²) >= 11 is 1.45. The van der Waals surface area contributed by atoms with Gasteiger partial charge in [-0.2, -0.15) is 5.26 Å². The molecule has 0 radical (unpaired) electrons. The number of hydrogen-bond acceptors (Lipinski definition) is 5. The van der Waals surface area contributed by atoms with Gasteiger partial charge in [-0.05, 0) is 52.9 Å². The maximum atomic E-state index is 9.00. The van der Waals surface area contributed by atoms with Crippen LogP contribution in [0.3, 0.4) is 0 Å². The first-order valence-corrected chi connectivity index (χ1v) is 10.5. The van der Waals surface area contributed by atoms with Crippen molar-refractivity contribution < 1.29 is 4.74 Å². The highest BCUT2D eigenvalue weighted by atomic mass is 32.1. The monoisotopic (exact) mass is 411 g/mol. The van der Waals surface area contributed by atoms with Crippen LogP contribution in [0.1, 0.15) is 27.8 Å². The second-order valence-electron chi connectivity index (χ2n) is 7.04. The van der Waals surface area contributed by atoms with Crippen LogP contribution in [0.25, 0.3) is 11.3 Å². The maximum Gasteiger partial charge on any atom is 0.180 e. The van der Waals surface area contributed by atoms with Crippen LogP contribution < -0.4 is 10.5 Å². The number of nitrogen functional groups attached to an aromatic ring is 1. The fraction of sp³-hybridized carbons (Fsp3) is 0.120. The zero-order chi connectivity index (χ0) is 20.9. The first-order valence-electron chi connectivity index (χ1n) is 9.60. The van der Waals surface area contributed by atoms with E-state index in [-0.39, 0.29) is 0 Å². The molecule has 0 aliphatic carbocycles. The van der Waals surface area contributed by atoms with Gasteiger partial charge >= 0.3 is 0 Å². The lowest BCUT2D eigenvalue weighted by molar-refractivity contribution is 0.410. The average molecular weight is 412 g/mol. The third-order valence-corrected chi connectivity index (χ3v) is 5.71. The van der Waals surface area contributed by atoms with Gasteiger partial charge in [0, 0.05) is 17.4 Å². The van der Waals surface area contributed by atoms with Crippen LogP contribution in [0.4, 0.5) is 5.13 Å². The van der Waals surface area contributed by atoms with Crippen molar-refractivity contribution in [3.05, 3.63) is 99.9 Å². The molecule has 5 heteroatoms. The van der Waals surface area contributed by atoms with Gasteiger partial charge in [0.15, 0.2) is 5.13 Å². The van der Waals surface area contributed by atoms with Gasteiger partial charge in [0.2, 0.25) is 0 Å².